The first-order valence-electron chi connectivity index (χ1n) is 8.32. The van der Waals surface area contributed by atoms with E-state index in [2.05, 4.69) is 4.98 Å². The van der Waals surface area contributed by atoms with E-state index in [1.165, 1.54) is 16.8 Å². The molecule has 0 bridgehead atoms. The highest BCUT2D eigenvalue weighted by Crippen LogP contribution is 2.67. The zero-order valence-corrected chi connectivity index (χ0v) is 13.5. The van der Waals surface area contributed by atoms with Crippen molar-refractivity contribution in [2.24, 2.45) is 11.3 Å². The van der Waals surface area contributed by atoms with Crippen LogP contribution in [0.5, 0.6) is 0 Å². The fourth-order valence-corrected chi connectivity index (χ4v) is 4.12. The van der Waals surface area contributed by atoms with Crippen LogP contribution in [0.1, 0.15) is 18.0 Å². The van der Waals surface area contributed by atoms with E-state index < -0.39 is 34.9 Å². The maximum atomic E-state index is 12.0. The molecule has 1 heterocycles. The Kier molecular flexibility index (Phi) is 3.87. The van der Waals surface area contributed by atoms with Gasteiger partial charge in [-0.25, -0.2) is 4.79 Å². The first-order valence-corrected chi connectivity index (χ1v) is 8.32. The predicted octanol–water partition coefficient (Wildman–Crippen LogP) is 0.0362. The molecular formula is C18H20N2O5. The fraction of sp³-hybridized carbons (Fsp3) is 0.444. The van der Waals surface area contributed by atoms with Gasteiger partial charge in [-0.1, -0.05) is 30.3 Å². The minimum absolute atomic E-state index is 0.0584. The number of rotatable bonds is 5. The van der Waals surface area contributed by atoms with Crippen LogP contribution >= 0.6 is 0 Å². The van der Waals surface area contributed by atoms with Crippen LogP contribution in [0.2, 0.25) is 0 Å². The monoisotopic (exact) mass is 344 g/mol. The minimum atomic E-state index is -1.07. The molecule has 7 nitrogen and oxygen atoms in total. The van der Waals surface area contributed by atoms with Gasteiger partial charge >= 0.3 is 5.69 Å². The van der Waals surface area contributed by atoms with Gasteiger partial charge in [0.2, 0.25) is 0 Å². The second kappa shape index (κ2) is 5.94. The molecule has 2 fully saturated rings. The summed E-state index contributed by atoms with van der Waals surface area (Å²) in [5.74, 6) is -0.0584. The van der Waals surface area contributed by atoms with Crippen LogP contribution in [0.3, 0.4) is 0 Å². The van der Waals surface area contributed by atoms with Crippen molar-refractivity contribution in [1.29, 1.82) is 0 Å². The van der Waals surface area contributed by atoms with Crippen molar-refractivity contribution in [3.05, 3.63) is 69.0 Å². The number of aliphatic hydroxyl groups excluding tert-OH is 2. The van der Waals surface area contributed by atoms with Crippen molar-refractivity contribution >= 4 is 0 Å². The van der Waals surface area contributed by atoms with E-state index in [9.17, 15) is 19.8 Å². The Morgan fingerprint density at radius 2 is 1.96 bits per heavy atom. The largest absolute Gasteiger partial charge is 0.390 e. The highest BCUT2D eigenvalue weighted by atomic mass is 16.5. The summed E-state index contributed by atoms with van der Waals surface area (Å²) in [6.45, 7) is 0.751. The molecule has 1 aromatic heterocycles. The van der Waals surface area contributed by atoms with E-state index in [0.29, 0.717) is 19.6 Å². The van der Waals surface area contributed by atoms with Crippen molar-refractivity contribution in [3.8, 4) is 0 Å². The quantitative estimate of drug-likeness (QED) is 0.710. The number of hydrogen-bond donors (Lipinski definition) is 3. The molecule has 4 rings (SSSR count). The molecule has 3 N–H and O–H groups in total. The molecular weight excluding hydrogens is 324 g/mol. The van der Waals surface area contributed by atoms with Crippen LogP contribution in [0, 0.1) is 11.3 Å². The topological polar surface area (TPSA) is 105 Å². The summed E-state index contributed by atoms with van der Waals surface area (Å²) in [4.78, 5) is 25.5. The molecule has 0 aliphatic heterocycles. The maximum Gasteiger partial charge on any atom is 0.328 e. The molecule has 0 amide bonds. The van der Waals surface area contributed by atoms with Gasteiger partial charge in [0.1, 0.15) is 6.10 Å². The van der Waals surface area contributed by atoms with Crippen molar-refractivity contribution in [2.45, 2.75) is 31.3 Å². The number of H-pyrrole nitrogens is 1. The molecule has 132 valence electrons. The molecule has 0 spiro atoms. The fourth-order valence-electron chi connectivity index (χ4n) is 4.12. The summed E-state index contributed by atoms with van der Waals surface area (Å²) >= 11 is 0. The summed E-state index contributed by atoms with van der Waals surface area (Å²) < 4.78 is 7.10. The van der Waals surface area contributed by atoms with Crippen molar-refractivity contribution in [2.75, 3.05) is 6.61 Å². The Bertz CT molecular complexity index is 877. The molecule has 1 aromatic carbocycles. The maximum absolute atomic E-state index is 12.0. The van der Waals surface area contributed by atoms with Crippen LogP contribution in [-0.2, 0) is 11.3 Å². The highest BCUT2D eigenvalue weighted by Gasteiger charge is 2.71. The minimum Gasteiger partial charge on any atom is -0.390 e. The van der Waals surface area contributed by atoms with Crippen LogP contribution < -0.4 is 11.2 Å². The molecule has 2 aliphatic rings. The van der Waals surface area contributed by atoms with Gasteiger partial charge in [-0.15, -0.1) is 0 Å². The average Bonchev–Trinajstić information content (AvgIpc) is 3.27. The number of nitrogens with zero attached hydrogens (tertiary/aromatic N) is 1. The lowest BCUT2D eigenvalue weighted by Crippen LogP contribution is -2.40. The third-order valence-corrected chi connectivity index (χ3v) is 5.51. The summed E-state index contributed by atoms with van der Waals surface area (Å²) in [5, 5.41) is 20.9. The molecule has 2 aliphatic carbocycles. The second-order valence-electron chi connectivity index (χ2n) is 6.97. The number of ether oxygens (including phenoxy) is 1. The van der Waals surface area contributed by atoms with Gasteiger partial charge in [0, 0.05) is 17.7 Å². The SMILES string of the molecule is O=c1ccn([C@H]2[C@H](O)[C@H](O)[C@]3(COCc4ccccc4)C[C@H]23)c(=O)[nH]1. The van der Waals surface area contributed by atoms with Gasteiger partial charge in [-0.3, -0.25) is 14.3 Å². The van der Waals surface area contributed by atoms with Gasteiger partial charge < -0.3 is 14.9 Å². The number of aromatic amines is 1. The lowest BCUT2D eigenvalue weighted by molar-refractivity contribution is -0.0448. The van der Waals surface area contributed by atoms with Gasteiger partial charge in [-0.05, 0) is 17.9 Å². The van der Waals surface area contributed by atoms with Crippen LogP contribution in [0.25, 0.3) is 0 Å². The Morgan fingerprint density at radius 3 is 2.68 bits per heavy atom. The Balaban J connectivity index is 1.50. The summed E-state index contributed by atoms with van der Waals surface area (Å²) in [6.07, 6.45) is 0.0248. The summed E-state index contributed by atoms with van der Waals surface area (Å²) in [7, 11) is 0. The van der Waals surface area contributed by atoms with Crippen molar-refractivity contribution in [1.82, 2.24) is 9.55 Å². The van der Waals surface area contributed by atoms with E-state index in [0.717, 1.165) is 5.56 Å². The number of hydrogen-bond acceptors (Lipinski definition) is 5. The Hall–Kier alpha value is -2.22. The third kappa shape index (κ3) is 2.64. The Morgan fingerprint density at radius 1 is 1.20 bits per heavy atom. The lowest BCUT2D eigenvalue weighted by atomic mass is 10.0. The second-order valence-corrected chi connectivity index (χ2v) is 6.97. The number of aromatic nitrogens is 2. The molecule has 0 saturated heterocycles. The first-order chi connectivity index (χ1) is 12.0. The first kappa shape index (κ1) is 16.3. The number of nitrogens with one attached hydrogen (secondary N) is 1. The molecule has 2 aromatic rings. The van der Waals surface area contributed by atoms with Crippen LogP contribution in [0.15, 0.2) is 52.2 Å². The molecule has 0 radical (unpaired) electrons. The van der Waals surface area contributed by atoms with Crippen LogP contribution in [0.4, 0.5) is 0 Å². The lowest BCUT2D eigenvalue weighted by Gasteiger charge is -2.24. The van der Waals surface area contributed by atoms with Gasteiger partial charge in [0.05, 0.1) is 25.4 Å². The number of fused-ring (bicyclic) bond motifs is 1. The number of benzene rings is 1. The summed E-state index contributed by atoms with van der Waals surface area (Å²) in [5.41, 5.74) is -0.550. The molecule has 25 heavy (non-hydrogen) atoms. The highest BCUT2D eigenvalue weighted by molar-refractivity contribution is 5.21. The van der Waals surface area contributed by atoms with Gasteiger partial charge in [-0.2, -0.15) is 0 Å². The summed E-state index contributed by atoms with van der Waals surface area (Å²) in [6, 6.07) is 10.4. The third-order valence-electron chi connectivity index (χ3n) is 5.51. The molecule has 0 unspecified atom stereocenters. The van der Waals surface area contributed by atoms with Crippen molar-refractivity contribution < 1.29 is 14.9 Å². The zero-order chi connectivity index (χ0) is 17.6. The van der Waals surface area contributed by atoms with E-state index >= 15 is 0 Å². The predicted molar refractivity (Wildman–Crippen MR) is 89.0 cm³/mol. The average molecular weight is 344 g/mol. The van der Waals surface area contributed by atoms with E-state index in [1.807, 2.05) is 30.3 Å². The number of aliphatic hydroxyl groups is 2. The van der Waals surface area contributed by atoms with Gasteiger partial charge in [0.25, 0.3) is 5.56 Å². The Labute approximate surface area is 143 Å². The molecule has 7 heteroatoms. The van der Waals surface area contributed by atoms with E-state index in [4.69, 9.17) is 4.74 Å². The van der Waals surface area contributed by atoms with E-state index in [1.54, 1.807) is 0 Å². The standard InChI is InChI=1S/C18H20N2O5/c21-13-6-7-20(17(24)19-13)14-12-8-18(12,16(23)15(14)22)10-25-9-11-4-2-1-3-5-11/h1-7,12,14-16,22-23H,8-10H2,(H,19,21,24)/t12-,14-,15+,16+,18+/m1/s1. The van der Waals surface area contributed by atoms with E-state index in [-0.39, 0.29) is 5.92 Å². The molecule has 5 atom stereocenters. The van der Waals surface area contributed by atoms with Crippen LogP contribution in [-0.4, -0.2) is 38.6 Å². The molecule has 2 saturated carbocycles. The van der Waals surface area contributed by atoms with Crippen molar-refractivity contribution in [3.63, 3.8) is 0 Å². The smallest absolute Gasteiger partial charge is 0.328 e. The zero-order valence-electron chi connectivity index (χ0n) is 13.5. The normalized spacial score (nSPS) is 33.2. The van der Waals surface area contributed by atoms with Gasteiger partial charge in [0.15, 0.2) is 0 Å².